The highest BCUT2D eigenvalue weighted by Crippen LogP contribution is 2.33. The Morgan fingerprint density at radius 2 is 1.52 bits per heavy atom. The lowest BCUT2D eigenvalue weighted by atomic mass is 10.1. The minimum absolute atomic E-state index is 0.0646. The molecule has 0 spiro atoms. The molecule has 1 N–H and O–H groups in total. The number of para-hydroxylation sites is 2. The second-order valence-corrected chi connectivity index (χ2v) is 12.3. The first-order valence-electron chi connectivity index (χ1n) is 13.3. The molecule has 0 unspecified atom stereocenters. The van der Waals surface area contributed by atoms with Gasteiger partial charge in [-0.25, -0.2) is 8.42 Å². The predicted molar refractivity (Wildman–Crippen MR) is 165 cm³/mol. The van der Waals surface area contributed by atoms with E-state index in [0.29, 0.717) is 27.8 Å². The van der Waals surface area contributed by atoms with E-state index in [0.717, 1.165) is 4.31 Å². The summed E-state index contributed by atoms with van der Waals surface area (Å²) in [4.78, 5) is 28.6. The monoisotopic (exact) mass is 635 g/mol. The molecule has 2 atom stereocenters. The highest BCUT2D eigenvalue weighted by atomic mass is 35.5. The van der Waals surface area contributed by atoms with Gasteiger partial charge >= 0.3 is 0 Å². The Labute approximate surface area is 257 Å². The molecule has 0 aromatic heterocycles. The lowest BCUT2D eigenvalue weighted by Crippen LogP contribution is -2.52. The summed E-state index contributed by atoms with van der Waals surface area (Å²) in [6.45, 7) is 4.59. The average Bonchev–Trinajstić information content (AvgIpc) is 2.99. The van der Waals surface area contributed by atoms with Crippen molar-refractivity contribution in [3.63, 3.8) is 0 Å². The number of hydrogen-bond acceptors (Lipinski definition) is 6. The van der Waals surface area contributed by atoms with Crippen molar-refractivity contribution in [2.45, 2.75) is 50.7 Å². The van der Waals surface area contributed by atoms with Gasteiger partial charge in [0.05, 0.1) is 24.8 Å². The molecule has 0 saturated carbocycles. The van der Waals surface area contributed by atoms with Crippen molar-refractivity contribution in [1.82, 2.24) is 10.2 Å². The Morgan fingerprint density at radius 3 is 2.10 bits per heavy atom. The van der Waals surface area contributed by atoms with E-state index in [4.69, 9.17) is 32.7 Å². The van der Waals surface area contributed by atoms with Crippen LogP contribution in [0.4, 0.5) is 5.69 Å². The van der Waals surface area contributed by atoms with Crippen LogP contribution in [-0.2, 0) is 26.2 Å². The van der Waals surface area contributed by atoms with Gasteiger partial charge in [0, 0.05) is 28.2 Å². The molecular weight excluding hydrogens is 601 g/mol. The van der Waals surface area contributed by atoms with Crippen LogP contribution in [-0.4, -0.2) is 58.0 Å². The molecule has 0 aliphatic rings. The van der Waals surface area contributed by atoms with Crippen LogP contribution in [0.3, 0.4) is 0 Å². The number of rotatable bonds is 13. The Hall–Kier alpha value is -3.47. The lowest BCUT2D eigenvalue weighted by Gasteiger charge is -2.33. The summed E-state index contributed by atoms with van der Waals surface area (Å²) in [6, 6.07) is 16.1. The van der Waals surface area contributed by atoms with E-state index in [9.17, 15) is 18.0 Å². The molecule has 3 aromatic carbocycles. The molecule has 0 aliphatic heterocycles. The summed E-state index contributed by atoms with van der Waals surface area (Å²) in [5.74, 6) is -0.341. The van der Waals surface area contributed by atoms with Crippen molar-refractivity contribution in [3.05, 3.63) is 82.3 Å². The van der Waals surface area contributed by atoms with Crippen LogP contribution < -0.4 is 19.1 Å². The van der Waals surface area contributed by atoms with Crippen LogP contribution in [0, 0.1) is 0 Å². The molecule has 42 heavy (non-hydrogen) atoms. The Kier molecular flexibility index (Phi) is 11.5. The summed E-state index contributed by atoms with van der Waals surface area (Å²) in [5.41, 5.74) is 0.579. The maximum Gasteiger partial charge on any atom is 0.264 e. The molecule has 3 rings (SSSR count). The Morgan fingerprint density at radius 1 is 0.905 bits per heavy atom. The van der Waals surface area contributed by atoms with Crippen molar-refractivity contribution in [1.29, 1.82) is 0 Å². The number of sulfonamides is 1. The minimum atomic E-state index is -4.30. The highest BCUT2D eigenvalue weighted by Gasteiger charge is 2.34. The zero-order chi connectivity index (χ0) is 31.0. The summed E-state index contributed by atoms with van der Waals surface area (Å²) >= 11 is 12.9. The number of amides is 2. The van der Waals surface area contributed by atoms with Gasteiger partial charge in [0.15, 0.2) is 0 Å². The molecule has 0 bridgehead atoms. The van der Waals surface area contributed by atoms with E-state index in [2.05, 4.69) is 5.32 Å². The van der Waals surface area contributed by atoms with Crippen molar-refractivity contribution >= 4 is 50.7 Å². The Balaban J connectivity index is 2.10. The van der Waals surface area contributed by atoms with E-state index in [1.165, 1.54) is 43.4 Å². The first kappa shape index (κ1) is 33.0. The summed E-state index contributed by atoms with van der Waals surface area (Å²) in [7, 11) is -1.42. The van der Waals surface area contributed by atoms with E-state index in [-0.39, 0.29) is 28.9 Å². The van der Waals surface area contributed by atoms with Gasteiger partial charge < -0.3 is 19.7 Å². The number of hydrogen-bond donors (Lipinski definition) is 1. The number of anilines is 1. The zero-order valence-electron chi connectivity index (χ0n) is 24.1. The summed E-state index contributed by atoms with van der Waals surface area (Å²) in [6.07, 6.45) is 0.685. The van der Waals surface area contributed by atoms with E-state index < -0.39 is 34.4 Å². The van der Waals surface area contributed by atoms with Gasteiger partial charge in [-0.3, -0.25) is 13.9 Å². The molecule has 9 nitrogen and oxygen atoms in total. The van der Waals surface area contributed by atoms with Crippen molar-refractivity contribution in [3.8, 4) is 11.5 Å². The fraction of sp³-hybridized carbons (Fsp3) is 0.333. The molecule has 0 aliphatic carbocycles. The number of carbonyl (C=O) groups excluding carboxylic acids is 2. The van der Waals surface area contributed by atoms with E-state index >= 15 is 0 Å². The smallest absolute Gasteiger partial charge is 0.264 e. The van der Waals surface area contributed by atoms with Crippen molar-refractivity contribution in [2.75, 3.05) is 25.1 Å². The van der Waals surface area contributed by atoms with Gasteiger partial charge in [0.1, 0.15) is 24.1 Å². The van der Waals surface area contributed by atoms with Crippen molar-refractivity contribution in [2.24, 2.45) is 0 Å². The number of nitrogens with one attached hydrogen (secondary N) is 1. The van der Waals surface area contributed by atoms with Gasteiger partial charge in [-0.15, -0.1) is 0 Å². The van der Waals surface area contributed by atoms with Crippen LogP contribution in [0.2, 0.25) is 10.0 Å². The third-order valence-electron chi connectivity index (χ3n) is 6.84. The number of nitrogens with zero attached hydrogens (tertiary/aromatic N) is 2. The van der Waals surface area contributed by atoms with Crippen LogP contribution in [0.25, 0.3) is 0 Å². The normalized spacial score (nSPS) is 12.6. The highest BCUT2D eigenvalue weighted by molar-refractivity contribution is 7.92. The number of carbonyl (C=O) groups is 2. The van der Waals surface area contributed by atoms with Crippen LogP contribution in [0.1, 0.15) is 32.8 Å². The maximum atomic E-state index is 14.1. The molecule has 0 saturated heterocycles. The maximum absolute atomic E-state index is 14.1. The van der Waals surface area contributed by atoms with Crippen LogP contribution in [0.5, 0.6) is 11.5 Å². The standard InChI is InChI=1S/C30H35Cl2N3O6S/c1-6-20(2)33-30(37)21(3)34(18-24-25(31)10-9-11-26(24)32)29(36)19-35(27-12-7-8-13-28(27)41-5)42(38,39)23-16-14-22(40-4)15-17-23/h7-17,20-21H,6,18-19H2,1-5H3,(H,33,37)/t20-,21-/m0/s1. The van der Waals surface area contributed by atoms with Crippen LogP contribution in [0.15, 0.2) is 71.6 Å². The third-order valence-corrected chi connectivity index (χ3v) is 9.32. The number of benzene rings is 3. The van der Waals surface area contributed by atoms with Gasteiger partial charge in [0.25, 0.3) is 10.0 Å². The van der Waals surface area contributed by atoms with Gasteiger partial charge in [-0.05, 0) is 68.8 Å². The molecule has 2 amide bonds. The molecule has 12 heteroatoms. The molecule has 0 heterocycles. The summed E-state index contributed by atoms with van der Waals surface area (Å²) in [5, 5.41) is 3.50. The molecule has 226 valence electrons. The molecule has 0 fully saturated rings. The average molecular weight is 637 g/mol. The Bertz CT molecular complexity index is 1480. The second kappa shape index (κ2) is 14.6. The number of ether oxygens (including phenoxy) is 2. The topological polar surface area (TPSA) is 105 Å². The first-order chi connectivity index (χ1) is 19.9. The SMILES string of the molecule is CC[C@H](C)NC(=O)[C@H](C)N(Cc1c(Cl)cccc1Cl)C(=O)CN(c1ccccc1OC)S(=O)(=O)c1ccc(OC)cc1. The largest absolute Gasteiger partial charge is 0.497 e. The lowest BCUT2D eigenvalue weighted by molar-refractivity contribution is -0.139. The van der Waals surface area contributed by atoms with Crippen molar-refractivity contribution < 1.29 is 27.5 Å². The molecular formula is C30H35Cl2N3O6S. The van der Waals surface area contributed by atoms with Gasteiger partial charge in [0.2, 0.25) is 11.8 Å². The molecule has 0 radical (unpaired) electrons. The van der Waals surface area contributed by atoms with Gasteiger partial charge in [-0.2, -0.15) is 0 Å². The first-order valence-corrected chi connectivity index (χ1v) is 15.5. The fourth-order valence-corrected chi connectivity index (χ4v) is 6.07. The second-order valence-electron chi connectivity index (χ2n) is 9.57. The quantitative estimate of drug-likeness (QED) is 0.264. The summed E-state index contributed by atoms with van der Waals surface area (Å²) < 4.78 is 39.7. The number of methoxy groups -OCH3 is 2. The minimum Gasteiger partial charge on any atom is -0.497 e. The third kappa shape index (κ3) is 7.67. The van der Waals surface area contributed by atoms with E-state index in [1.807, 2.05) is 13.8 Å². The van der Waals surface area contributed by atoms with Crippen LogP contribution >= 0.6 is 23.2 Å². The number of halogens is 2. The van der Waals surface area contributed by atoms with E-state index in [1.54, 1.807) is 49.4 Å². The predicted octanol–water partition coefficient (Wildman–Crippen LogP) is 5.54. The zero-order valence-corrected chi connectivity index (χ0v) is 26.5. The fourth-order valence-electron chi connectivity index (χ4n) is 4.13. The molecule has 3 aromatic rings. The van der Waals surface area contributed by atoms with Gasteiger partial charge in [-0.1, -0.05) is 48.3 Å².